The molecular formula is C19H22N2O4S. The summed E-state index contributed by atoms with van der Waals surface area (Å²) in [6, 6.07) is 15.7. The van der Waals surface area contributed by atoms with Gasteiger partial charge in [0.2, 0.25) is 10.0 Å². The zero-order chi connectivity index (χ0) is 18.6. The largest absolute Gasteiger partial charge is 0.478 e. The highest BCUT2D eigenvalue weighted by atomic mass is 32.2. The summed E-state index contributed by atoms with van der Waals surface area (Å²) in [5.74, 6) is -0.960. The van der Waals surface area contributed by atoms with Crippen molar-refractivity contribution in [1.82, 2.24) is 4.90 Å². The number of carbonyl (C=O) groups is 1. The molecule has 26 heavy (non-hydrogen) atoms. The number of nitrogens with zero attached hydrogens (tertiary/aromatic N) is 1. The maximum absolute atomic E-state index is 12.7. The van der Waals surface area contributed by atoms with Gasteiger partial charge in [-0.25, -0.2) is 13.2 Å². The molecule has 1 saturated heterocycles. The van der Waals surface area contributed by atoms with Gasteiger partial charge in [0, 0.05) is 18.8 Å². The number of hydrogen-bond acceptors (Lipinski definition) is 4. The van der Waals surface area contributed by atoms with Crippen molar-refractivity contribution in [2.24, 2.45) is 0 Å². The van der Waals surface area contributed by atoms with Gasteiger partial charge in [-0.05, 0) is 49.2 Å². The van der Waals surface area contributed by atoms with Crippen LogP contribution in [-0.4, -0.2) is 42.7 Å². The van der Waals surface area contributed by atoms with Gasteiger partial charge in [-0.1, -0.05) is 30.3 Å². The van der Waals surface area contributed by atoms with Crippen molar-refractivity contribution in [2.45, 2.75) is 24.6 Å². The number of aromatic carboxylic acids is 1. The molecule has 0 radical (unpaired) electrons. The highest BCUT2D eigenvalue weighted by Gasteiger charge is 2.30. The van der Waals surface area contributed by atoms with Crippen LogP contribution in [0.1, 0.15) is 28.8 Å². The lowest BCUT2D eigenvalue weighted by molar-refractivity contribution is 0.0696. The predicted molar refractivity (Wildman–Crippen MR) is 101 cm³/mol. The average Bonchev–Trinajstić information content (AvgIpc) is 2.63. The van der Waals surface area contributed by atoms with Crippen molar-refractivity contribution >= 4 is 21.7 Å². The van der Waals surface area contributed by atoms with Crippen LogP contribution in [0.4, 0.5) is 5.69 Å². The Balaban J connectivity index is 1.67. The Kier molecular flexibility index (Phi) is 5.58. The fourth-order valence-electron chi connectivity index (χ4n) is 3.22. The van der Waals surface area contributed by atoms with Crippen LogP contribution in [0.2, 0.25) is 0 Å². The molecule has 0 amide bonds. The topological polar surface area (TPSA) is 86.7 Å². The van der Waals surface area contributed by atoms with Crippen molar-refractivity contribution in [3.05, 3.63) is 65.7 Å². The number of sulfonamides is 1. The monoisotopic (exact) mass is 374 g/mol. The molecule has 0 unspecified atom stereocenters. The molecule has 0 bridgehead atoms. The number of nitrogens with one attached hydrogen (secondary N) is 1. The van der Waals surface area contributed by atoms with Gasteiger partial charge < -0.3 is 5.11 Å². The number of carboxylic acid groups (broad SMARTS) is 1. The predicted octanol–water partition coefficient (Wildman–Crippen LogP) is 2.79. The second-order valence-electron chi connectivity index (χ2n) is 6.52. The number of piperidine rings is 1. The Bertz CT molecular complexity index is 868. The minimum atomic E-state index is -3.47. The smallest absolute Gasteiger partial charge is 0.335 e. The molecule has 0 aliphatic carbocycles. The molecule has 0 aromatic heterocycles. The summed E-state index contributed by atoms with van der Waals surface area (Å²) < 4.78 is 28.0. The van der Waals surface area contributed by atoms with E-state index < -0.39 is 21.2 Å². The molecule has 2 aromatic carbocycles. The van der Waals surface area contributed by atoms with Crippen molar-refractivity contribution in [3.8, 4) is 0 Å². The molecule has 1 aliphatic heterocycles. The number of carboxylic acids is 1. The van der Waals surface area contributed by atoms with Crippen molar-refractivity contribution in [3.63, 3.8) is 0 Å². The fraction of sp³-hybridized carbons (Fsp3) is 0.316. The second-order valence-corrected chi connectivity index (χ2v) is 8.48. The summed E-state index contributed by atoms with van der Waals surface area (Å²) in [7, 11) is -3.47. The van der Waals surface area contributed by atoms with Gasteiger partial charge in [-0.15, -0.1) is 0 Å². The number of rotatable bonds is 6. The first-order chi connectivity index (χ1) is 12.4. The standard InChI is InChI=1S/C19H22N2O4S/c22-19(23)16-7-4-6-15(12-16)13-21-11-5-10-18(14-21)26(24,25)20-17-8-2-1-3-9-17/h1-4,6-9,12,18,20H,5,10-11,13-14H2,(H,22,23)/t18-/m0/s1. The summed E-state index contributed by atoms with van der Waals surface area (Å²) in [4.78, 5) is 13.2. The minimum Gasteiger partial charge on any atom is -0.478 e. The Morgan fingerprint density at radius 2 is 1.92 bits per heavy atom. The molecule has 0 spiro atoms. The number of hydrogen-bond donors (Lipinski definition) is 2. The maximum Gasteiger partial charge on any atom is 0.335 e. The lowest BCUT2D eigenvalue weighted by Gasteiger charge is -2.32. The Hall–Kier alpha value is -2.38. The first-order valence-electron chi connectivity index (χ1n) is 8.55. The first-order valence-corrected chi connectivity index (χ1v) is 10.1. The van der Waals surface area contributed by atoms with E-state index in [4.69, 9.17) is 5.11 Å². The van der Waals surface area contributed by atoms with E-state index in [0.717, 1.165) is 18.5 Å². The second kappa shape index (κ2) is 7.88. The lowest BCUT2D eigenvalue weighted by Crippen LogP contribution is -2.43. The van der Waals surface area contributed by atoms with Crippen LogP contribution < -0.4 is 4.72 Å². The fourth-order valence-corrected chi connectivity index (χ4v) is 4.74. The molecule has 1 aliphatic rings. The molecule has 7 heteroatoms. The maximum atomic E-state index is 12.7. The van der Waals surface area contributed by atoms with Crippen LogP contribution in [0.3, 0.4) is 0 Å². The number of likely N-dealkylation sites (tertiary alicyclic amines) is 1. The van der Waals surface area contributed by atoms with Crippen LogP contribution in [0, 0.1) is 0 Å². The molecule has 1 heterocycles. The van der Waals surface area contributed by atoms with Gasteiger partial charge in [0.15, 0.2) is 0 Å². The van der Waals surface area contributed by atoms with E-state index in [9.17, 15) is 13.2 Å². The van der Waals surface area contributed by atoms with Crippen LogP contribution >= 0.6 is 0 Å². The molecule has 3 rings (SSSR count). The average molecular weight is 374 g/mol. The van der Waals surface area contributed by atoms with Gasteiger partial charge in [-0.2, -0.15) is 0 Å². The number of para-hydroxylation sites is 1. The molecule has 2 N–H and O–H groups in total. The van der Waals surface area contributed by atoms with Gasteiger partial charge in [0.1, 0.15) is 0 Å². The minimum absolute atomic E-state index is 0.245. The summed E-state index contributed by atoms with van der Waals surface area (Å²) in [5.41, 5.74) is 1.69. The summed E-state index contributed by atoms with van der Waals surface area (Å²) in [5, 5.41) is 8.62. The highest BCUT2D eigenvalue weighted by molar-refractivity contribution is 7.93. The van der Waals surface area contributed by atoms with E-state index >= 15 is 0 Å². The summed E-state index contributed by atoms with van der Waals surface area (Å²) >= 11 is 0. The molecule has 138 valence electrons. The third-order valence-corrected chi connectivity index (χ3v) is 6.30. The number of anilines is 1. The van der Waals surface area contributed by atoms with E-state index in [1.807, 2.05) is 12.1 Å². The van der Waals surface area contributed by atoms with Crippen molar-refractivity contribution in [1.29, 1.82) is 0 Å². The molecule has 6 nitrogen and oxygen atoms in total. The van der Waals surface area contributed by atoms with E-state index in [1.54, 1.807) is 42.5 Å². The third-order valence-electron chi connectivity index (χ3n) is 4.52. The van der Waals surface area contributed by atoms with Crippen molar-refractivity contribution in [2.75, 3.05) is 17.8 Å². The Morgan fingerprint density at radius 1 is 1.15 bits per heavy atom. The lowest BCUT2D eigenvalue weighted by atomic mass is 10.1. The molecule has 2 aromatic rings. The van der Waals surface area contributed by atoms with Crippen LogP contribution in [-0.2, 0) is 16.6 Å². The molecule has 1 atom stereocenters. The summed E-state index contributed by atoms with van der Waals surface area (Å²) in [6.07, 6.45) is 1.41. The molecule has 1 fully saturated rings. The Morgan fingerprint density at radius 3 is 2.65 bits per heavy atom. The normalized spacial score (nSPS) is 18.4. The summed E-state index contributed by atoms with van der Waals surface area (Å²) in [6.45, 7) is 1.77. The van der Waals surface area contributed by atoms with Gasteiger partial charge >= 0.3 is 5.97 Å². The van der Waals surface area contributed by atoms with E-state index in [-0.39, 0.29) is 5.56 Å². The zero-order valence-corrected chi connectivity index (χ0v) is 15.2. The molecular weight excluding hydrogens is 352 g/mol. The van der Waals surface area contributed by atoms with E-state index in [2.05, 4.69) is 9.62 Å². The SMILES string of the molecule is O=C(O)c1cccc(CN2CCC[C@H](S(=O)(=O)Nc3ccccc3)C2)c1. The molecule has 0 saturated carbocycles. The number of benzene rings is 2. The van der Waals surface area contributed by atoms with E-state index in [1.165, 1.54) is 0 Å². The van der Waals surface area contributed by atoms with Crippen LogP contribution in [0.5, 0.6) is 0 Å². The van der Waals surface area contributed by atoms with E-state index in [0.29, 0.717) is 25.2 Å². The van der Waals surface area contributed by atoms with Gasteiger partial charge in [-0.3, -0.25) is 9.62 Å². The van der Waals surface area contributed by atoms with Crippen LogP contribution in [0.25, 0.3) is 0 Å². The quantitative estimate of drug-likeness (QED) is 0.812. The van der Waals surface area contributed by atoms with Crippen LogP contribution in [0.15, 0.2) is 54.6 Å². The third kappa shape index (κ3) is 4.62. The van der Waals surface area contributed by atoms with Gasteiger partial charge in [0.25, 0.3) is 0 Å². The highest BCUT2D eigenvalue weighted by Crippen LogP contribution is 2.21. The van der Waals surface area contributed by atoms with Crippen molar-refractivity contribution < 1.29 is 18.3 Å². The zero-order valence-electron chi connectivity index (χ0n) is 14.3. The first kappa shape index (κ1) is 18.4. The van der Waals surface area contributed by atoms with Gasteiger partial charge in [0.05, 0.1) is 10.8 Å². The Labute approximate surface area is 153 Å².